The number of nitrogens with two attached hydrogens (primary N) is 1. The SMILES string of the molecule is NC(=S)CCN(CCc1ccccc1)C(=O)c1ccco1. The monoisotopic (exact) mass is 302 g/mol. The lowest BCUT2D eigenvalue weighted by molar-refractivity contribution is 0.0730. The van der Waals surface area contributed by atoms with E-state index in [1.54, 1.807) is 17.0 Å². The number of nitrogens with zero attached hydrogens (tertiary/aromatic N) is 1. The van der Waals surface area contributed by atoms with Gasteiger partial charge < -0.3 is 15.1 Å². The Morgan fingerprint density at radius 3 is 2.52 bits per heavy atom. The Bertz CT molecular complexity index is 582. The molecule has 2 N–H and O–H groups in total. The minimum Gasteiger partial charge on any atom is -0.459 e. The van der Waals surface area contributed by atoms with Crippen molar-refractivity contribution in [2.24, 2.45) is 5.73 Å². The smallest absolute Gasteiger partial charge is 0.289 e. The molecule has 2 aromatic rings. The largest absolute Gasteiger partial charge is 0.459 e. The average Bonchev–Trinajstić information content (AvgIpc) is 3.02. The Hall–Kier alpha value is -2.14. The lowest BCUT2D eigenvalue weighted by Gasteiger charge is -2.21. The van der Waals surface area contributed by atoms with E-state index in [9.17, 15) is 4.79 Å². The van der Waals surface area contributed by atoms with Crippen LogP contribution in [0.4, 0.5) is 0 Å². The molecular formula is C16H18N2O2S. The molecule has 21 heavy (non-hydrogen) atoms. The standard InChI is InChI=1S/C16H18N2O2S/c17-15(21)9-11-18(16(19)14-7-4-12-20-14)10-8-13-5-2-1-3-6-13/h1-7,12H,8-11H2,(H2,17,21). The first-order valence-electron chi connectivity index (χ1n) is 6.82. The van der Waals surface area contributed by atoms with Gasteiger partial charge in [-0.1, -0.05) is 42.5 Å². The Kier molecular flexibility index (Phi) is 5.51. The summed E-state index contributed by atoms with van der Waals surface area (Å²) in [5, 5.41) is 0. The highest BCUT2D eigenvalue weighted by Crippen LogP contribution is 2.09. The van der Waals surface area contributed by atoms with E-state index < -0.39 is 0 Å². The number of furan rings is 1. The number of hydrogen-bond donors (Lipinski definition) is 1. The quantitative estimate of drug-likeness (QED) is 0.799. The van der Waals surface area contributed by atoms with Gasteiger partial charge in [0.2, 0.25) is 0 Å². The van der Waals surface area contributed by atoms with Crippen LogP contribution in [-0.2, 0) is 6.42 Å². The second-order valence-electron chi connectivity index (χ2n) is 4.72. The molecule has 5 heteroatoms. The summed E-state index contributed by atoms with van der Waals surface area (Å²) in [5.41, 5.74) is 6.72. The topological polar surface area (TPSA) is 59.5 Å². The zero-order valence-electron chi connectivity index (χ0n) is 11.7. The van der Waals surface area contributed by atoms with Gasteiger partial charge in [-0.2, -0.15) is 0 Å². The van der Waals surface area contributed by atoms with Gasteiger partial charge >= 0.3 is 0 Å². The average molecular weight is 302 g/mol. The first-order chi connectivity index (χ1) is 10.2. The molecule has 1 aromatic heterocycles. The minimum absolute atomic E-state index is 0.132. The Balaban J connectivity index is 2.01. The van der Waals surface area contributed by atoms with Crippen LogP contribution in [0.5, 0.6) is 0 Å². The van der Waals surface area contributed by atoms with Crippen molar-refractivity contribution < 1.29 is 9.21 Å². The van der Waals surface area contributed by atoms with E-state index in [4.69, 9.17) is 22.4 Å². The molecule has 0 aliphatic heterocycles. The predicted octanol–water partition coefficient (Wildman–Crippen LogP) is 2.64. The third kappa shape index (κ3) is 4.72. The number of carbonyl (C=O) groups excluding carboxylic acids is 1. The van der Waals surface area contributed by atoms with Crippen LogP contribution in [-0.4, -0.2) is 28.9 Å². The van der Waals surface area contributed by atoms with Crippen LogP contribution in [0.15, 0.2) is 53.1 Å². The zero-order chi connectivity index (χ0) is 15.1. The third-order valence-corrected chi connectivity index (χ3v) is 3.36. The van der Waals surface area contributed by atoms with Crippen molar-refractivity contribution in [3.05, 3.63) is 60.1 Å². The van der Waals surface area contributed by atoms with Gasteiger partial charge in [-0.05, 0) is 24.1 Å². The van der Waals surface area contributed by atoms with Gasteiger partial charge in [0.05, 0.1) is 11.3 Å². The molecule has 0 spiro atoms. The zero-order valence-corrected chi connectivity index (χ0v) is 12.5. The Morgan fingerprint density at radius 2 is 1.90 bits per heavy atom. The van der Waals surface area contributed by atoms with Crippen LogP contribution < -0.4 is 5.73 Å². The van der Waals surface area contributed by atoms with E-state index in [0.717, 1.165) is 6.42 Å². The number of benzene rings is 1. The van der Waals surface area contributed by atoms with Gasteiger partial charge in [-0.15, -0.1) is 0 Å². The van der Waals surface area contributed by atoms with Crippen molar-refractivity contribution >= 4 is 23.1 Å². The summed E-state index contributed by atoms with van der Waals surface area (Å²) in [6.45, 7) is 1.11. The highest BCUT2D eigenvalue weighted by atomic mass is 32.1. The first kappa shape index (κ1) is 15.3. The molecule has 1 heterocycles. The Labute approximate surface area is 129 Å². The van der Waals surface area contributed by atoms with Crippen molar-refractivity contribution in [1.29, 1.82) is 0 Å². The molecule has 110 valence electrons. The van der Waals surface area contributed by atoms with Crippen LogP contribution in [0.2, 0.25) is 0 Å². The normalized spacial score (nSPS) is 10.3. The van der Waals surface area contributed by atoms with E-state index >= 15 is 0 Å². The van der Waals surface area contributed by atoms with E-state index in [2.05, 4.69) is 0 Å². The lowest BCUT2D eigenvalue weighted by Crippen LogP contribution is -2.35. The Morgan fingerprint density at radius 1 is 1.14 bits per heavy atom. The van der Waals surface area contributed by atoms with E-state index in [1.165, 1.54) is 11.8 Å². The molecule has 1 amide bonds. The summed E-state index contributed by atoms with van der Waals surface area (Å²) >= 11 is 4.89. The number of amides is 1. The lowest BCUT2D eigenvalue weighted by atomic mass is 10.1. The van der Waals surface area contributed by atoms with Crippen molar-refractivity contribution in [3.63, 3.8) is 0 Å². The number of rotatable bonds is 7. The van der Waals surface area contributed by atoms with Crippen LogP contribution in [0, 0.1) is 0 Å². The fourth-order valence-electron chi connectivity index (χ4n) is 2.02. The van der Waals surface area contributed by atoms with Gasteiger partial charge in [-0.3, -0.25) is 4.79 Å². The number of hydrogen-bond acceptors (Lipinski definition) is 3. The van der Waals surface area contributed by atoms with Crippen molar-refractivity contribution in [2.45, 2.75) is 12.8 Å². The van der Waals surface area contributed by atoms with Crippen LogP contribution >= 0.6 is 12.2 Å². The van der Waals surface area contributed by atoms with Crippen LogP contribution in [0.25, 0.3) is 0 Å². The summed E-state index contributed by atoms with van der Waals surface area (Å²) < 4.78 is 5.18. The molecule has 0 fully saturated rings. The van der Waals surface area contributed by atoms with Gasteiger partial charge in [0.25, 0.3) is 5.91 Å². The fraction of sp³-hybridized carbons (Fsp3) is 0.250. The minimum atomic E-state index is -0.132. The number of carbonyl (C=O) groups is 1. The molecule has 0 atom stereocenters. The molecule has 0 radical (unpaired) electrons. The summed E-state index contributed by atoms with van der Waals surface area (Å²) in [7, 11) is 0. The second kappa shape index (κ2) is 7.59. The molecule has 0 saturated heterocycles. The van der Waals surface area contributed by atoms with Gasteiger partial charge in [0.15, 0.2) is 5.76 Å². The van der Waals surface area contributed by atoms with Gasteiger partial charge in [0, 0.05) is 19.5 Å². The van der Waals surface area contributed by atoms with Crippen molar-refractivity contribution in [3.8, 4) is 0 Å². The summed E-state index contributed by atoms with van der Waals surface area (Å²) in [4.78, 5) is 14.5. The maximum atomic E-state index is 12.4. The predicted molar refractivity (Wildman–Crippen MR) is 86.2 cm³/mol. The molecule has 1 aromatic carbocycles. The van der Waals surface area contributed by atoms with Gasteiger partial charge in [0.1, 0.15) is 0 Å². The highest BCUT2D eigenvalue weighted by Gasteiger charge is 2.18. The summed E-state index contributed by atoms with van der Waals surface area (Å²) in [6, 6.07) is 13.4. The maximum absolute atomic E-state index is 12.4. The fourth-order valence-corrected chi connectivity index (χ4v) is 2.12. The second-order valence-corrected chi connectivity index (χ2v) is 5.25. The highest BCUT2D eigenvalue weighted by molar-refractivity contribution is 7.80. The van der Waals surface area contributed by atoms with Crippen LogP contribution in [0.3, 0.4) is 0 Å². The molecule has 0 aliphatic rings. The van der Waals surface area contributed by atoms with E-state index in [1.807, 2.05) is 30.3 Å². The maximum Gasteiger partial charge on any atom is 0.289 e. The van der Waals surface area contributed by atoms with Gasteiger partial charge in [-0.25, -0.2) is 0 Å². The van der Waals surface area contributed by atoms with E-state index in [-0.39, 0.29) is 5.91 Å². The van der Waals surface area contributed by atoms with E-state index in [0.29, 0.717) is 30.3 Å². The third-order valence-electron chi connectivity index (χ3n) is 3.16. The molecule has 0 unspecified atom stereocenters. The summed E-state index contributed by atoms with van der Waals surface area (Å²) in [5.74, 6) is 0.207. The molecule has 0 saturated carbocycles. The molecule has 0 aliphatic carbocycles. The number of thiocarbonyl (C=S) groups is 1. The molecular weight excluding hydrogens is 284 g/mol. The molecule has 4 nitrogen and oxygen atoms in total. The first-order valence-corrected chi connectivity index (χ1v) is 7.22. The summed E-state index contributed by atoms with van der Waals surface area (Å²) in [6.07, 6.45) is 2.79. The molecule has 2 rings (SSSR count). The van der Waals surface area contributed by atoms with Crippen molar-refractivity contribution in [1.82, 2.24) is 4.90 Å². The molecule has 0 bridgehead atoms. The van der Waals surface area contributed by atoms with Crippen molar-refractivity contribution in [2.75, 3.05) is 13.1 Å². The van der Waals surface area contributed by atoms with Crippen LogP contribution in [0.1, 0.15) is 22.5 Å².